The van der Waals surface area contributed by atoms with Crippen LogP contribution in [0.25, 0.3) is 22.1 Å². The van der Waals surface area contributed by atoms with Crippen LogP contribution in [-0.4, -0.2) is 9.78 Å². The van der Waals surface area contributed by atoms with Crippen molar-refractivity contribution in [2.24, 2.45) is 7.05 Å². The third-order valence-electron chi connectivity index (χ3n) is 2.54. The fourth-order valence-corrected chi connectivity index (χ4v) is 2.33. The van der Waals surface area contributed by atoms with Crippen molar-refractivity contribution in [3.8, 4) is 6.07 Å². The van der Waals surface area contributed by atoms with Gasteiger partial charge in [-0.2, -0.15) is 10.4 Å². The molecule has 3 rings (SSSR count). The zero-order chi connectivity index (χ0) is 12.2. The molecule has 0 saturated heterocycles. The fraction of sp³-hybridized carbons (Fsp3) is 0.0909. The first kappa shape index (κ1) is 10.5. The number of aromatic nitrogens is 2. The first-order valence-electron chi connectivity index (χ1n) is 4.75. The molecule has 4 nitrogen and oxygen atoms in total. The second-order valence-electron chi connectivity index (χ2n) is 3.66. The van der Waals surface area contributed by atoms with Crippen LogP contribution >= 0.6 is 22.6 Å². The molecule has 0 unspecified atom stereocenters. The first-order chi connectivity index (χ1) is 8.11. The van der Waals surface area contributed by atoms with Crippen molar-refractivity contribution in [1.82, 2.24) is 9.78 Å². The number of rotatable bonds is 0. The van der Waals surface area contributed by atoms with Crippen LogP contribution in [-0.2, 0) is 7.05 Å². The summed E-state index contributed by atoms with van der Waals surface area (Å²) in [6, 6.07) is 3.58. The Kier molecular flexibility index (Phi) is 2.13. The molecule has 2 heterocycles. The molecule has 0 aliphatic heterocycles. The number of hydrogen-bond acceptors (Lipinski definition) is 3. The molecule has 6 heteroatoms. The summed E-state index contributed by atoms with van der Waals surface area (Å²) in [5.74, 6) is -0.500. The quantitative estimate of drug-likeness (QED) is 0.591. The zero-order valence-corrected chi connectivity index (χ0v) is 10.8. The molecule has 0 atom stereocenters. The van der Waals surface area contributed by atoms with E-state index < -0.39 is 5.82 Å². The minimum absolute atomic E-state index is 0.159. The van der Waals surface area contributed by atoms with Gasteiger partial charge >= 0.3 is 0 Å². The topological polar surface area (TPSA) is 54.8 Å². The molecule has 1 aromatic carbocycles. The van der Waals surface area contributed by atoms with Crippen LogP contribution in [0.15, 0.2) is 16.7 Å². The van der Waals surface area contributed by atoms with Gasteiger partial charge in [0.15, 0.2) is 17.0 Å². The highest BCUT2D eigenvalue weighted by Gasteiger charge is 2.19. The molecule has 17 heavy (non-hydrogen) atoms. The van der Waals surface area contributed by atoms with Crippen molar-refractivity contribution in [3.63, 3.8) is 0 Å². The summed E-state index contributed by atoms with van der Waals surface area (Å²) in [5, 5.41) is 13.7. The lowest BCUT2D eigenvalue weighted by Gasteiger charge is -1.98. The molecule has 3 aromatic rings. The Morgan fingerprint density at radius 1 is 1.59 bits per heavy atom. The van der Waals surface area contributed by atoms with Crippen LogP contribution in [0.2, 0.25) is 0 Å². The van der Waals surface area contributed by atoms with Crippen molar-refractivity contribution in [2.75, 3.05) is 0 Å². The Morgan fingerprint density at radius 3 is 3.06 bits per heavy atom. The Morgan fingerprint density at radius 2 is 2.35 bits per heavy atom. The second-order valence-corrected chi connectivity index (χ2v) is 4.74. The smallest absolute Gasteiger partial charge is 0.181 e. The number of nitrogens with zero attached hydrogens (tertiary/aromatic N) is 3. The maximum atomic E-state index is 14.0. The average molecular weight is 341 g/mol. The fourth-order valence-electron chi connectivity index (χ4n) is 1.80. The number of furan rings is 1. The maximum Gasteiger partial charge on any atom is 0.181 e. The predicted octanol–water partition coefficient (Wildman–Crippen LogP) is 2.93. The van der Waals surface area contributed by atoms with Crippen molar-refractivity contribution < 1.29 is 8.81 Å². The van der Waals surface area contributed by atoms with E-state index in [0.717, 1.165) is 0 Å². The van der Waals surface area contributed by atoms with E-state index in [1.54, 1.807) is 46.6 Å². The van der Waals surface area contributed by atoms with E-state index in [2.05, 4.69) is 5.10 Å². The van der Waals surface area contributed by atoms with Gasteiger partial charge in [-0.05, 0) is 28.7 Å². The highest BCUT2D eigenvalue weighted by Crippen LogP contribution is 2.32. The van der Waals surface area contributed by atoms with Gasteiger partial charge in [0, 0.05) is 7.05 Å². The lowest BCUT2D eigenvalue weighted by molar-refractivity contribution is 0.577. The van der Waals surface area contributed by atoms with Crippen molar-refractivity contribution in [3.05, 3.63) is 27.2 Å². The molecule has 0 fully saturated rings. The summed E-state index contributed by atoms with van der Waals surface area (Å²) in [6.07, 6.45) is 1.67. The highest BCUT2D eigenvalue weighted by molar-refractivity contribution is 14.1. The Bertz CT molecular complexity index is 797. The summed E-state index contributed by atoms with van der Waals surface area (Å²) in [5.41, 5.74) is 1.55. The summed E-state index contributed by atoms with van der Waals surface area (Å²) in [7, 11) is 1.76. The minimum Gasteiger partial charge on any atom is -0.450 e. The van der Waals surface area contributed by atoms with Gasteiger partial charge < -0.3 is 4.42 Å². The number of aryl methyl sites for hydroxylation is 1. The molecule has 0 N–H and O–H groups in total. The van der Waals surface area contributed by atoms with Gasteiger partial charge in [-0.1, -0.05) is 0 Å². The van der Waals surface area contributed by atoms with E-state index in [0.29, 0.717) is 22.0 Å². The summed E-state index contributed by atoms with van der Waals surface area (Å²) < 4.78 is 21.3. The van der Waals surface area contributed by atoms with Gasteiger partial charge in [0.1, 0.15) is 11.6 Å². The van der Waals surface area contributed by atoms with Gasteiger partial charge in [-0.25, -0.2) is 4.39 Å². The van der Waals surface area contributed by atoms with Gasteiger partial charge in [0.05, 0.1) is 20.7 Å². The third-order valence-corrected chi connectivity index (χ3v) is 3.60. The molecule has 0 amide bonds. The average Bonchev–Trinajstić information content (AvgIpc) is 2.80. The number of fused-ring (bicyclic) bond motifs is 3. The molecular formula is C11H5FIN3O. The third kappa shape index (κ3) is 1.35. The Hall–Kier alpha value is -1.62. The largest absolute Gasteiger partial charge is 0.450 e. The van der Waals surface area contributed by atoms with Crippen LogP contribution in [0.3, 0.4) is 0 Å². The van der Waals surface area contributed by atoms with Crippen LogP contribution < -0.4 is 0 Å². The molecule has 84 valence electrons. The van der Waals surface area contributed by atoms with Gasteiger partial charge in [-0.3, -0.25) is 4.68 Å². The zero-order valence-electron chi connectivity index (χ0n) is 8.66. The molecule has 0 aliphatic carbocycles. The van der Waals surface area contributed by atoms with Crippen LogP contribution in [0.4, 0.5) is 4.39 Å². The lowest BCUT2D eigenvalue weighted by Crippen LogP contribution is -1.90. The standard InChI is InChI=1S/C11H5FIN3O/c1-16-4-7-10(15-16)6-2-5(3-14)9(13)8(12)11(6)17-7/h2,4H,1H3. The van der Waals surface area contributed by atoms with E-state index in [9.17, 15) is 4.39 Å². The summed E-state index contributed by atoms with van der Waals surface area (Å²) in [6.45, 7) is 0. The van der Waals surface area contributed by atoms with Gasteiger partial charge in [-0.15, -0.1) is 0 Å². The van der Waals surface area contributed by atoms with Crippen LogP contribution in [0.5, 0.6) is 0 Å². The molecular weight excluding hydrogens is 336 g/mol. The minimum atomic E-state index is -0.500. The van der Waals surface area contributed by atoms with Crippen molar-refractivity contribution in [2.45, 2.75) is 0 Å². The number of benzene rings is 1. The summed E-state index contributed by atoms with van der Waals surface area (Å²) in [4.78, 5) is 0. The van der Waals surface area contributed by atoms with E-state index in [-0.39, 0.29) is 9.15 Å². The van der Waals surface area contributed by atoms with E-state index in [1.807, 2.05) is 6.07 Å². The van der Waals surface area contributed by atoms with Crippen molar-refractivity contribution in [1.29, 1.82) is 5.26 Å². The van der Waals surface area contributed by atoms with Crippen LogP contribution in [0.1, 0.15) is 5.56 Å². The predicted molar refractivity (Wildman–Crippen MR) is 67.9 cm³/mol. The number of nitriles is 1. The summed E-state index contributed by atoms with van der Waals surface area (Å²) >= 11 is 1.80. The van der Waals surface area contributed by atoms with Crippen molar-refractivity contribution >= 4 is 44.7 Å². The van der Waals surface area contributed by atoms with E-state index in [4.69, 9.17) is 9.68 Å². The molecule has 0 spiro atoms. The maximum absolute atomic E-state index is 14.0. The molecule has 0 aliphatic rings. The second kappa shape index (κ2) is 3.43. The SMILES string of the molecule is Cn1cc2oc3c(F)c(I)c(C#N)cc3c2n1. The molecule has 2 aromatic heterocycles. The van der Waals surface area contributed by atoms with E-state index in [1.165, 1.54) is 0 Å². The van der Waals surface area contributed by atoms with Gasteiger partial charge in [0.2, 0.25) is 0 Å². The van der Waals surface area contributed by atoms with Gasteiger partial charge in [0.25, 0.3) is 0 Å². The molecule has 0 saturated carbocycles. The van der Waals surface area contributed by atoms with E-state index >= 15 is 0 Å². The number of halogens is 2. The molecule has 0 radical (unpaired) electrons. The monoisotopic (exact) mass is 341 g/mol. The Labute approximate surface area is 109 Å². The Balaban J connectivity index is 2.56. The highest BCUT2D eigenvalue weighted by atomic mass is 127. The number of hydrogen-bond donors (Lipinski definition) is 0. The normalized spacial score (nSPS) is 11.2. The lowest BCUT2D eigenvalue weighted by atomic mass is 10.1. The first-order valence-corrected chi connectivity index (χ1v) is 5.83. The van der Waals surface area contributed by atoms with Crippen LogP contribution in [0, 0.1) is 20.7 Å². The molecule has 0 bridgehead atoms.